The molecule has 0 atom stereocenters. The number of anilines is 2. The maximum Gasteiger partial charge on any atom is 0.247 e. The van der Waals surface area contributed by atoms with Crippen molar-refractivity contribution in [3.05, 3.63) is 34.0 Å². The maximum atomic E-state index is 12.8. The number of rotatable bonds is 4. The van der Waals surface area contributed by atoms with Gasteiger partial charge in [-0.25, -0.2) is 9.97 Å². The van der Waals surface area contributed by atoms with E-state index in [4.69, 9.17) is 16.3 Å². The number of carbonyl (C=O) groups excluding carboxylic acids is 1. The highest BCUT2D eigenvalue weighted by Crippen LogP contribution is 2.39. The summed E-state index contributed by atoms with van der Waals surface area (Å²) >= 11 is 6.41. The van der Waals surface area contributed by atoms with Gasteiger partial charge in [0.15, 0.2) is 11.0 Å². The minimum atomic E-state index is -0.0402. The van der Waals surface area contributed by atoms with Crippen LogP contribution in [0.15, 0.2) is 6.20 Å². The number of pyridine rings is 1. The molecule has 0 aromatic carbocycles. The van der Waals surface area contributed by atoms with Crippen LogP contribution in [0, 0.1) is 20.8 Å². The molecule has 0 unspecified atom stereocenters. The average Bonchev–Trinajstić information content (AvgIpc) is 2.58. The first-order chi connectivity index (χ1) is 12.7. The molecule has 1 aliphatic rings. The molecule has 1 aliphatic heterocycles. The van der Waals surface area contributed by atoms with E-state index in [-0.39, 0.29) is 23.6 Å². The van der Waals surface area contributed by atoms with Gasteiger partial charge in [-0.3, -0.25) is 9.78 Å². The van der Waals surface area contributed by atoms with E-state index in [2.05, 4.69) is 15.0 Å². The Morgan fingerprint density at radius 2 is 1.96 bits per heavy atom. The van der Waals surface area contributed by atoms with E-state index in [1.807, 2.05) is 32.6 Å². The topological polar surface area (TPSA) is 71.5 Å². The van der Waals surface area contributed by atoms with Crippen LogP contribution in [-0.4, -0.2) is 40.6 Å². The highest BCUT2D eigenvalue weighted by atomic mass is 35.5. The zero-order valence-corrected chi connectivity index (χ0v) is 17.3. The number of hydrogen-bond acceptors (Lipinski definition) is 6. The third-order valence-corrected chi connectivity index (χ3v) is 4.94. The second-order valence-electron chi connectivity index (χ2n) is 6.99. The number of halogens is 1. The van der Waals surface area contributed by atoms with Gasteiger partial charge in [0.1, 0.15) is 17.3 Å². The fourth-order valence-electron chi connectivity index (χ4n) is 3.47. The molecule has 0 aliphatic carbocycles. The summed E-state index contributed by atoms with van der Waals surface area (Å²) in [6.07, 6.45) is 1.78. The second kappa shape index (κ2) is 7.31. The van der Waals surface area contributed by atoms with Crippen molar-refractivity contribution >= 4 is 29.0 Å². The summed E-state index contributed by atoms with van der Waals surface area (Å²) in [7, 11) is 1.65. The number of aryl methyl sites for hydroxylation is 2. The van der Waals surface area contributed by atoms with E-state index < -0.39 is 0 Å². The zero-order chi connectivity index (χ0) is 19.9. The van der Waals surface area contributed by atoms with Crippen LogP contribution >= 0.6 is 11.6 Å². The van der Waals surface area contributed by atoms with Gasteiger partial charge in [-0.1, -0.05) is 11.6 Å². The van der Waals surface area contributed by atoms with Crippen LogP contribution in [0.2, 0.25) is 5.15 Å². The van der Waals surface area contributed by atoms with Crippen LogP contribution in [0.3, 0.4) is 0 Å². The normalized spacial score (nSPS) is 14.0. The highest BCUT2D eigenvalue weighted by molar-refractivity contribution is 6.33. The zero-order valence-electron chi connectivity index (χ0n) is 16.5. The van der Waals surface area contributed by atoms with Gasteiger partial charge >= 0.3 is 0 Å². The third-order valence-electron chi connectivity index (χ3n) is 4.68. The van der Waals surface area contributed by atoms with Gasteiger partial charge in [-0.05, 0) is 34.6 Å². The summed E-state index contributed by atoms with van der Waals surface area (Å²) in [6.45, 7) is 10.3. The first kappa shape index (κ1) is 19.4. The second-order valence-corrected chi connectivity index (χ2v) is 7.35. The first-order valence-electron chi connectivity index (χ1n) is 8.84. The third kappa shape index (κ3) is 3.43. The van der Waals surface area contributed by atoms with E-state index in [0.29, 0.717) is 23.9 Å². The lowest BCUT2D eigenvalue weighted by Crippen LogP contribution is -2.49. The molecule has 0 radical (unpaired) electrons. The van der Waals surface area contributed by atoms with Crippen molar-refractivity contribution in [1.29, 1.82) is 0 Å². The van der Waals surface area contributed by atoms with Gasteiger partial charge in [0.2, 0.25) is 5.91 Å². The summed E-state index contributed by atoms with van der Waals surface area (Å²) in [6, 6.07) is -0.0402. The summed E-state index contributed by atoms with van der Waals surface area (Å²) in [4.78, 5) is 29.8. The predicted octanol–water partition coefficient (Wildman–Crippen LogP) is 3.22. The lowest BCUT2D eigenvalue weighted by molar-refractivity contribution is -0.118. The fraction of sp³-hybridized carbons (Fsp3) is 0.474. The van der Waals surface area contributed by atoms with E-state index in [1.165, 1.54) is 0 Å². The summed E-state index contributed by atoms with van der Waals surface area (Å²) in [5.74, 6) is 1.99. The average molecular weight is 390 g/mol. The number of methoxy groups -OCH3 is 1. The monoisotopic (exact) mass is 389 g/mol. The lowest BCUT2D eigenvalue weighted by Gasteiger charge is -2.38. The standard InChI is InChI=1S/C19H24ClN5O2/c1-10(2)25-15(26)9-24(19-16(25)18(20)22-13(5)23-19)8-14-12(4)17(27-6)11(3)7-21-14/h7,10H,8-9H2,1-6H3. The highest BCUT2D eigenvalue weighted by Gasteiger charge is 2.35. The Morgan fingerprint density at radius 1 is 1.26 bits per heavy atom. The van der Waals surface area contributed by atoms with Crippen molar-refractivity contribution < 1.29 is 9.53 Å². The number of amides is 1. The number of aromatic nitrogens is 3. The van der Waals surface area contributed by atoms with Crippen molar-refractivity contribution in [2.24, 2.45) is 0 Å². The molecule has 0 spiro atoms. The van der Waals surface area contributed by atoms with Crippen LogP contribution in [0.4, 0.5) is 11.5 Å². The van der Waals surface area contributed by atoms with Gasteiger partial charge in [0, 0.05) is 23.4 Å². The van der Waals surface area contributed by atoms with Crippen molar-refractivity contribution in [1.82, 2.24) is 15.0 Å². The Kier molecular flexibility index (Phi) is 5.24. The van der Waals surface area contributed by atoms with Crippen LogP contribution < -0.4 is 14.5 Å². The van der Waals surface area contributed by atoms with E-state index in [9.17, 15) is 4.79 Å². The minimum absolute atomic E-state index is 0.0383. The molecule has 0 fully saturated rings. The van der Waals surface area contributed by atoms with Crippen LogP contribution in [0.5, 0.6) is 5.75 Å². The van der Waals surface area contributed by atoms with Gasteiger partial charge < -0.3 is 14.5 Å². The molecule has 144 valence electrons. The van der Waals surface area contributed by atoms with Gasteiger partial charge in [-0.15, -0.1) is 0 Å². The fourth-order valence-corrected chi connectivity index (χ4v) is 3.77. The van der Waals surface area contributed by atoms with Gasteiger partial charge in [0.05, 0.1) is 25.9 Å². The summed E-state index contributed by atoms with van der Waals surface area (Å²) < 4.78 is 5.50. The van der Waals surface area contributed by atoms with Crippen molar-refractivity contribution in [2.75, 3.05) is 23.5 Å². The number of hydrogen-bond donors (Lipinski definition) is 0. The Bertz CT molecular complexity index is 900. The Morgan fingerprint density at radius 3 is 2.59 bits per heavy atom. The smallest absolute Gasteiger partial charge is 0.247 e. The number of nitrogens with zero attached hydrogens (tertiary/aromatic N) is 5. The first-order valence-corrected chi connectivity index (χ1v) is 9.22. The molecule has 0 N–H and O–H groups in total. The molecule has 0 bridgehead atoms. The molecule has 8 heteroatoms. The Balaban J connectivity index is 2.08. The van der Waals surface area contributed by atoms with Gasteiger partial charge in [-0.2, -0.15) is 0 Å². The molecular formula is C19H24ClN5O2. The molecule has 3 rings (SSSR count). The molecule has 1 amide bonds. The summed E-state index contributed by atoms with van der Waals surface area (Å²) in [5, 5.41) is 0.287. The van der Waals surface area contributed by atoms with Crippen molar-refractivity contribution in [2.45, 2.75) is 47.2 Å². The molecule has 0 saturated carbocycles. The molecular weight excluding hydrogens is 366 g/mol. The molecule has 27 heavy (non-hydrogen) atoms. The Labute approximate surface area is 164 Å². The number of carbonyl (C=O) groups is 1. The van der Waals surface area contributed by atoms with Crippen LogP contribution in [-0.2, 0) is 11.3 Å². The molecule has 2 aromatic heterocycles. The Hall–Kier alpha value is -2.41. The molecule has 0 saturated heterocycles. The molecule has 7 nitrogen and oxygen atoms in total. The van der Waals surface area contributed by atoms with Crippen LogP contribution in [0.25, 0.3) is 0 Å². The lowest BCUT2D eigenvalue weighted by atomic mass is 10.1. The predicted molar refractivity (Wildman–Crippen MR) is 106 cm³/mol. The van der Waals surface area contributed by atoms with Crippen molar-refractivity contribution in [3.63, 3.8) is 0 Å². The van der Waals surface area contributed by atoms with E-state index in [0.717, 1.165) is 22.6 Å². The maximum absolute atomic E-state index is 12.8. The quantitative estimate of drug-likeness (QED) is 0.747. The number of fused-ring (bicyclic) bond motifs is 1. The molecule has 2 aromatic rings. The van der Waals surface area contributed by atoms with Crippen LogP contribution in [0.1, 0.15) is 36.5 Å². The van der Waals surface area contributed by atoms with E-state index in [1.54, 1.807) is 25.1 Å². The van der Waals surface area contributed by atoms with E-state index >= 15 is 0 Å². The largest absolute Gasteiger partial charge is 0.496 e. The van der Waals surface area contributed by atoms with Gasteiger partial charge in [0.25, 0.3) is 0 Å². The SMILES string of the molecule is COc1c(C)cnc(CN2CC(=O)N(C(C)C)c3c(Cl)nc(C)nc32)c1C. The minimum Gasteiger partial charge on any atom is -0.496 e. The van der Waals surface area contributed by atoms with Crippen molar-refractivity contribution in [3.8, 4) is 5.75 Å². The number of ether oxygens (including phenoxy) is 1. The summed E-state index contributed by atoms with van der Waals surface area (Å²) in [5.41, 5.74) is 3.32. The molecule has 3 heterocycles.